The van der Waals surface area contributed by atoms with Crippen LogP contribution in [0.25, 0.3) is 0 Å². The second-order valence-corrected chi connectivity index (χ2v) is 29.8. The molecule has 0 aromatic heterocycles. The summed E-state index contributed by atoms with van der Waals surface area (Å²) in [5.74, 6) is -0.445. The second kappa shape index (κ2) is 62.1. The maximum Gasteiger partial charge on any atom is 0.509 e. The topological polar surface area (TPSA) is 308 Å². The van der Waals surface area contributed by atoms with Gasteiger partial charge in [0, 0.05) is 40.3 Å². The zero-order valence-electron chi connectivity index (χ0n) is 63.7. The number of phosphoric ester groups is 2. The fourth-order valence-corrected chi connectivity index (χ4v) is 13.9. The van der Waals surface area contributed by atoms with Gasteiger partial charge < -0.3 is 81.7 Å². The second-order valence-electron chi connectivity index (χ2n) is 27.4. The van der Waals surface area contributed by atoms with Gasteiger partial charge in [-0.2, -0.15) is 0 Å². The van der Waals surface area contributed by atoms with E-state index in [1.54, 1.807) is 7.11 Å². The molecule has 0 aromatic rings. The molecule has 2 fully saturated rings. The lowest BCUT2D eigenvalue weighted by Crippen LogP contribution is -2.67. The summed E-state index contributed by atoms with van der Waals surface area (Å²) in [6.45, 7) is 14.5. The smallest absolute Gasteiger partial charge is 0.431 e. The van der Waals surface area contributed by atoms with Gasteiger partial charge in [-0.1, -0.05) is 258 Å². The summed E-state index contributed by atoms with van der Waals surface area (Å²) in [4.78, 5) is 83.4. The van der Waals surface area contributed by atoms with Crippen LogP contribution in [0.1, 0.15) is 297 Å². The third-order valence-electron chi connectivity index (χ3n) is 18.5. The summed E-state index contributed by atoms with van der Waals surface area (Å²) in [5, 5.41) is 3.01. The van der Waals surface area contributed by atoms with Crippen molar-refractivity contribution in [3.8, 4) is 0 Å². The van der Waals surface area contributed by atoms with E-state index in [0.29, 0.717) is 25.7 Å². The highest BCUT2D eigenvalue weighted by molar-refractivity contribution is 7.46. The molecule has 2 heterocycles. The van der Waals surface area contributed by atoms with E-state index in [2.05, 4.69) is 58.3 Å². The third-order valence-corrected chi connectivity index (χ3v) is 19.5. The van der Waals surface area contributed by atoms with E-state index in [0.717, 1.165) is 161 Å². The molecule has 0 radical (unpaired) electrons. The molecule has 0 aromatic carbocycles. The van der Waals surface area contributed by atoms with E-state index in [1.807, 2.05) is 0 Å². The van der Waals surface area contributed by atoms with E-state index >= 15 is 0 Å². The van der Waals surface area contributed by atoms with Crippen LogP contribution in [0.4, 0.5) is 9.59 Å². The molecule has 2 aliphatic heterocycles. The average Bonchev–Trinajstić information content (AvgIpc) is 0.783. The van der Waals surface area contributed by atoms with Crippen molar-refractivity contribution in [1.82, 2.24) is 5.32 Å². The minimum Gasteiger partial charge on any atom is -0.431 e. The zero-order valence-corrected chi connectivity index (χ0v) is 65.5. The summed E-state index contributed by atoms with van der Waals surface area (Å²) >= 11 is 0. The maximum atomic E-state index is 14.4. The molecule has 26 heteroatoms. The van der Waals surface area contributed by atoms with Crippen LogP contribution in [-0.4, -0.2) is 172 Å². The van der Waals surface area contributed by atoms with Crippen LogP contribution in [0.5, 0.6) is 0 Å². The first-order valence-electron chi connectivity index (χ1n) is 39.5. The first-order chi connectivity index (χ1) is 49.4. The highest BCUT2D eigenvalue weighted by Crippen LogP contribution is 2.45. The number of carbonyl (C=O) groups excluding carboxylic acids is 3. The molecular weight excluding hydrogens is 1360 g/mol. The van der Waals surface area contributed by atoms with Gasteiger partial charge in [0.15, 0.2) is 18.7 Å². The van der Waals surface area contributed by atoms with Crippen molar-refractivity contribution in [2.45, 2.75) is 371 Å². The normalized spacial score (nSPS) is 21.6. The van der Waals surface area contributed by atoms with E-state index in [1.165, 1.54) is 89.9 Å². The highest BCUT2D eigenvalue weighted by atomic mass is 31.2. The molecule has 0 spiro atoms. The van der Waals surface area contributed by atoms with Gasteiger partial charge in [0.2, 0.25) is 5.91 Å². The van der Waals surface area contributed by atoms with Crippen LogP contribution in [0.3, 0.4) is 0 Å². The molecule has 2 saturated heterocycles. The van der Waals surface area contributed by atoms with Gasteiger partial charge in [0.1, 0.15) is 62.0 Å². The molecule has 24 nitrogen and oxygen atoms in total. The number of nitrogens with one attached hydrogen (secondary N) is 1. The van der Waals surface area contributed by atoms with Crippen molar-refractivity contribution >= 4 is 33.9 Å². The fraction of sp³-hybridized carbons (Fsp3) is 0.882. The molecular formula is C76H141NO23P2. The van der Waals surface area contributed by atoms with Gasteiger partial charge in [0.05, 0.1) is 25.9 Å². The minimum absolute atomic E-state index is 0.0197. The number of allylic oxidation sites excluding steroid dienone is 2. The molecule has 5 N–H and O–H groups in total. The van der Waals surface area contributed by atoms with E-state index in [4.69, 9.17) is 65.9 Å². The number of unbranched alkanes of at least 4 members (excludes halogenated alkanes) is 32. The maximum absolute atomic E-state index is 14.4. The summed E-state index contributed by atoms with van der Waals surface area (Å²) < 4.78 is 111. The van der Waals surface area contributed by atoms with Gasteiger partial charge in [-0.15, -0.1) is 0 Å². The molecule has 0 saturated carbocycles. The number of phosphoric acid groups is 2. The standard InChI is InChI=1S/C76H141NO23P2/c1-9-15-19-23-26-29-31-32-33-34-35-37-40-44-48-52-66(78)77-67-70(90-58-53-62(88-8)50-46-42-22-18-12-4)69(99-101(81,82)83)64(60-87-7)96-73(67)94-61-65-68(98-76(80)93-56-14-6)71(89-57-49-45-41-38-30-27-24-20-16-10-2)72(74(97-65)100-102(84,85)86)91-59-54-63(95-75(79)92-55-13-5)51-47-43-39-36-28-25-21-17-11-3/h13-14,29,31,62-65,67-74H,5-6,9-12,15-28,30,32-61H2,1-4,7-8H3,(H,77,78)(H2,81,82,83)(H2,84,85,86)/b31-29-/t62-,63-,64-,65-,67-,68-,69-,70-,71+,72-,73-,74+/m1/s1. The molecule has 1 amide bonds. The van der Waals surface area contributed by atoms with Crippen LogP contribution in [0, 0.1) is 0 Å². The molecule has 2 aliphatic rings. The molecule has 0 unspecified atom stereocenters. The third kappa shape index (κ3) is 47.7. The van der Waals surface area contributed by atoms with Crippen molar-refractivity contribution in [3.63, 3.8) is 0 Å². The van der Waals surface area contributed by atoms with Gasteiger partial charge >= 0.3 is 28.0 Å². The highest BCUT2D eigenvalue weighted by Gasteiger charge is 2.55. The van der Waals surface area contributed by atoms with E-state index < -0.39 is 108 Å². The lowest BCUT2D eigenvalue weighted by atomic mass is 9.95. The monoisotopic (exact) mass is 1500 g/mol. The zero-order chi connectivity index (χ0) is 74.7. The molecule has 0 bridgehead atoms. The van der Waals surface area contributed by atoms with Crippen molar-refractivity contribution in [2.75, 3.05) is 60.5 Å². The minimum atomic E-state index is -5.47. The number of hydrogen-bond acceptors (Lipinski definition) is 19. The Hall–Kier alpha value is -2.87. The summed E-state index contributed by atoms with van der Waals surface area (Å²) in [6.07, 6.45) is 30.7. The predicted molar refractivity (Wildman–Crippen MR) is 396 cm³/mol. The summed E-state index contributed by atoms with van der Waals surface area (Å²) in [5.41, 5.74) is 0. The van der Waals surface area contributed by atoms with Crippen molar-refractivity contribution < 1.29 is 109 Å². The van der Waals surface area contributed by atoms with Crippen molar-refractivity contribution in [2.24, 2.45) is 0 Å². The van der Waals surface area contributed by atoms with Crippen LogP contribution in [-0.2, 0) is 79.8 Å². The Morgan fingerprint density at radius 3 is 1.39 bits per heavy atom. The van der Waals surface area contributed by atoms with E-state index in [-0.39, 0.29) is 58.6 Å². The Bertz CT molecular complexity index is 2210. The predicted octanol–water partition coefficient (Wildman–Crippen LogP) is 17.8. The van der Waals surface area contributed by atoms with Gasteiger partial charge in [-0.05, 0) is 64.2 Å². The number of methoxy groups -OCH3 is 2. The number of rotatable bonds is 68. The first-order valence-corrected chi connectivity index (χ1v) is 42.5. The average molecular weight is 1500 g/mol. The number of ether oxygens (including phenoxy) is 12. The largest absolute Gasteiger partial charge is 0.509 e. The summed E-state index contributed by atoms with van der Waals surface area (Å²) in [7, 11) is -7.82. The van der Waals surface area contributed by atoms with Gasteiger partial charge in [0.25, 0.3) is 0 Å². The number of amides is 1. The fourth-order valence-electron chi connectivity index (χ4n) is 12.9. The Morgan fingerprint density at radius 2 is 0.882 bits per heavy atom. The van der Waals surface area contributed by atoms with E-state index in [9.17, 15) is 43.1 Å². The lowest BCUT2D eigenvalue weighted by Gasteiger charge is -2.47. The molecule has 102 heavy (non-hydrogen) atoms. The Kier molecular flexibility index (Phi) is 57.9. The quantitative estimate of drug-likeness (QED) is 0.0163. The molecule has 0 aliphatic carbocycles. The Morgan fingerprint density at radius 1 is 0.451 bits per heavy atom. The van der Waals surface area contributed by atoms with Crippen molar-refractivity contribution in [1.29, 1.82) is 0 Å². The van der Waals surface area contributed by atoms with Crippen molar-refractivity contribution in [3.05, 3.63) is 37.5 Å². The Balaban J connectivity index is 2.71. The lowest BCUT2D eigenvalue weighted by molar-refractivity contribution is -0.319. The first kappa shape index (κ1) is 95.2. The Labute approximate surface area is 614 Å². The molecule has 2 rings (SSSR count). The number of hydrogen-bond donors (Lipinski definition) is 5. The number of carbonyl (C=O) groups is 3. The van der Waals surface area contributed by atoms with Gasteiger partial charge in [-0.25, -0.2) is 18.7 Å². The SMILES string of the molecule is C=CCOC(=O)O[C@H](CCCCCCCCCCC)CCO[C@H]1[C@H](OP(=O)(O)O)O[C@H](CO[C@@H]2O[C@H](COC)[C@@H](OP(=O)(O)O)[C@H](OCC[C@@H](CCCCCCC)OC)[C@H]2NC(=O)CCCCCCCCC/C=C\CCCCCC)[C@@H](OC(=O)OCC=C)[C@@H]1OCCCCCCCCCCCC. The summed E-state index contributed by atoms with van der Waals surface area (Å²) in [6, 6.07) is -1.37. The molecule has 12 atom stereocenters. The van der Waals surface area contributed by atoms with Gasteiger partial charge in [-0.3, -0.25) is 13.8 Å². The van der Waals surface area contributed by atoms with Crippen LogP contribution in [0.2, 0.25) is 0 Å². The van der Waals surface area contributed by atoms with Crippen LogP contribution in [0.15, 0.2) is 37.5 Å². The molecule has 598 valence electrons. The van der Waals surface area contributed by atoms with Crippen LogP contribution >= 0.6 is 15.6 Å². The van der Waals surface area contributed by atoms with Crippen LogP contribution < -0.4 is 5.32 Å².